The van der Waals surface area contributed by atoms with Gasteiger partial charge in [0, 0.05) is 38.9 Å². The monoisotopic (exact) mass is 828 g/mol. The van der Waals surface area contributed by atoms with Crippen LogP contribution < -0.4 is 15.3 Å². The van der Waals surface area contributed by atoms with Gasteiger partial charge in [-0.25, -0.2) is 0 Å². The minimum Gasteiger partial charge on any atom is -0.311 e. The fourth-order valence-corrected chi connectivity index (χ4v) is 11.0. The third-order valence-corrected chi connectivity index (χ3v) is 13.9. The molecule has 2 heteroatoms. The van der Waals surface area contributed by atoms with Gasteiger partial charge in [0.1, 0.15) is 0 Å². The molecule has 0 N–H and O–H groups in total. The Morgan fingerprint density at radius 3 is 1.52 bits per heavy atom. The summed E-state index contributed by atoms with van der Waals surface area (Å²) < 4.78 is 2.38. The van der Waals surface area contributed by atoms with Gasteiger partial charge in [-0.3, -0.25) is 0 Å². The number of hydrogen-bond donors (Lipinski definition) is 0. The molecule has 0 saturated heterocycles. The van der Waals surface area contributed by atoms with E-state index < -0.39 is 0 Å². The lowest BCUT2D eigenvalue weighted by atomic mass is 9.76. The summed E-state index contributed by atoms with van der Waals surface area (Å²) in [6.45, 7) is 4.76. The molecule has 13 rings (SSSR count). The Balaban J connectivity index is 0.943. The molecule has 0 unspecified atom stereocenters. The highest BCUT2D eigenvalue weighted by Crippen LogP contribution is 2.46. The molecule has 1 heterocycles. The number of nitrogens with zero attached hydrogens (tertiary/aromatic N) is 2. The first-order valence-corrected chi connectivity index (χ1v) is 22.7. The first-order chi connectivity index (χ1) is 32.0. The Labute approximate surface area is 378 Å². The van der Waals surface area contributed by atoms with Crippen LogP contribution in [-0.4, -0.2) is 4.57 Å². The third-order valence-electron chi connectivity index (χ3n) is 13.9. The summed E-state index contributed by atoms with van der Waals surface area (Å²) in [6, 6.07) is 77.9. The van der Waals surface area contributed by atoms with Gasteiger partial charge in [0.25, 0.3) is 0 Å². The summed E-state index contributed by atoms with van der Waals surface area (Å²) in [6.07, 6.45) is 7.32. The summed E-state index contributed by atoms with van der Waals surface area (Å²) in [5.41, 5.74) is 14.2. The fraction of sp³-hybridized carbons (Fsp3) is 0.0476. The SMILES string of the molecule is CC1(C)C=C(N(c2ccc(-c3ccccc3)cc2)c2ccc(-c3ccc4c(c3)c3ccccc3n4-c3ccccc3)cc2)C=C2C=c3cc4c5ccccc5c5ccccc5c4cc3=C21. The van der Waals surface area contributed by atoms with E-state index in [0.717, 1.165) is 17.1 Å². The highest BCUT2D eigenvalue weighted by molar-refractivity contribution is 6.25. The van der Waals surface area contributed by atoms with E-state index in [1.807, 2.05) is 0 Å². The van der Waals surface area contributed by atoms with Crippen LogP contribution in [0.5, 0.6) is 0 Å². The van der Waals surface area contributed by atoms with E-state index in [2.05, 4.69) is 254 Å². The molecule has 306 valence electrons. The van der Waals surface area contributed by atoms with Gasteiger partial charge < -0.3 is 9.47 Å². The molecular weight excluding hydrogens is 785 g/mol. The van der Waals surface area contributed by atoms with Gasteiger partial charge in [0.2, 0.25) is 0 Å². The number of benzene rings is 10. The molecule has 0 bridgehead atoms. The maximum absolute atomic E-state index is 2.48. The Bertz CT molecular complexity index is 3920. The second kappa shape index (κ2) is 14.4. The average Bonchev–Trinajstić information content (AvgIpc) is 3.90. The summed E-state index contributed by atoms with van der Waals surface area (Å²) in [7, 11) is 0. The molecule has 2 aliphatic carbocycles. The third kappa shape index (κ3) is 5.95. The number of hydrogen-bond acceptors (Lipinski definition) is 1. The van der Waals surface area contributed by atoms with Crippen molar-refractivity contribution in [1.29, 1.82) is 0 Å². The van der Waals surface area contributed by atoms with Crippen molar-refractivity contribution < 1.29 is 0 Å². The molecule has 0 spiro atoms. The average molecular weight is 829 g/mol. The lowest BCUT2D eigenvalue weighted by Crippen LogP contribution is -2.29. The predicted molar refractivity (Wildman–Crippen MR) is 276 cm³/mol. The Hall–Kier alpha value is -8.20. The maximum atomic E-state index is 2.48. The number of para-hydroxylation sites is 2. The minimum atomic E-state index is -0.252. The van der Waals surface area contributed by atoms with Crippen molar-refractivity contribution in [2.24, 2.45) is 5.41 Å². The summed E-state index contributed by atoms with van der Waals surface area (Å²) in [5.74, 6) is 0. The zero-order chi connectivity index (χ0) is 43.2. The number of aromatic nitrogens is 1. The molecule has 2 aliphatic rings. The molecule has 0 fully saturated rings. The van der Waals surface area contributed by atoms with E-state index in [-0.39, 0.29) is 5.41 Å². The first-order valence-electron chi connectivity index (χ1n) is 22.7. The van der Waals surface area contributed by atoms with E-state index in [0.29, 0.717) is 0 Å². The molecule has 11 aromatic rings. The Morgan fingerprint density at radius 2 is 0.877 bits per heavy atom. The van der Waals surface area contributed by atoms with E-state index >= 15 is 0 Å². The zero-order valence-electron chi connectivity index (χ0n) is 36.3. The van der Waals surface area contributed by atoms with Gasteiger partial charge in [0.15, 0.2) is 0 Å². The number of anilines is 2. The lowest BCUT2D eigenvalue weighted by Gasteiger charge is -2.35. The minimum absolute atomic E-state index is 0.252. The fourth-order valence-electron chi connectivity index (χ4n) is 11.0. The van der Waals surface area contributed by atoms with Crippen molar-refractivity contribution in [3.8, 4) is 27.9 Å². The topological polar surface area (TPSA) is 8.17 Å². The van der Waals surface area contributed by atoms with Crippen molar-refractivity contribution >= 4 is 77.1 Å². The second-order valence-corrected chi connectivity index (χ2v) is 18.2. The summed E-state index contributed by atoms with van der Waals surface area (Å²) in [5, 5.41) is 13.0. The molecule has 0 aliphatic heterocycles. The van der Waals surface area contributed by atoms with Gasteiger partial charge in [-0.1, -0.05) is 166 Å². The number of rotatable bonds is 6. The standard InChI is InChI=1S/C63H44N2/c1-63(2)40-50(36-46-35-45-38-57-53-21-11-9-19-51(53)52-20-10-12-22-54(52)58(57)39-56(45)62(46)63)64(48-30-25-42(26-31-48)41-15-5-3-6-16-41)49-32-27-43(28-33-49)44-29-34-61-59(37-44)55-23-13-14-24-60(55)65(61)47-17-7-4-8-18-47/h3-40H,1-2H3. The van der Waals surface area contributed by atoms with Crippen LogP contribution in [0.25, 0.3) is 93.7 Å². The molecule has 0 amide bonds. The molecule has 0 radical (unpaired) electrons. The van der Waals surface area contributed by atoms with Gasteiger partial charge in [-0.05, 0) is 155 Å². The van der Waals surface area contributed by atoms with Crippen LogP contribution >= 0.6 is 0 Å². The van der Waals surface area contributed by atoms with E-state index in [1.165, 1.54) is 104 Å². The smallest absolute Gasteiger partial charge is 0.0541 e. The van der Waals surface area contributed by atoms with Crippen molar-refractivity contribution in [2.45, 2.75) is 13.8 Å². The molecule has 1 aromatic heterocycles. The van der Waals surface area contributed by atoms with Crippen LogP contribution in [0.2, 0.25) is 0 Å². The maximum Gasteiger partial charge on any atom is 0.0541 e. The van der Waals surface area contributed by atoms with Gasteiger partial charge in [-0.2, -0.15) is 0 Å². The largest absolute Gasteiger partial charge is 0.311 e. The predicted octanol–water partition coefficient (Wildman–Crippen LogP) is 15.2. The molecule has 10 aromatic carbocycles. The highest BCUT2D eigenvalue weighted by atomic mass is 15.1. The van der Waals surface area contributed by atoms with Crippen molar-refractivity contribution in [2.75, 3.05) is 4.90 Å². The van der Waals surface area contributed by atoms with Crippen LogP contribution in [0.3, 0.4) is 0 Å². The van der Waals surface area contributed by atoms with Crippen LogP contribution in [-0.2, 0) is 0 Å². The Morgan fingerprint density at radius 1 is 0.385 bits per heavy atom. The van der Waals surface area contributed by atoms with Crippen molar-refractivity contribution in [1.82, 2.24) is 4.57 Å². The molecule has 65 heavy (non-hydrogen) atoms. The van der Waals surface area contributed by atoms with E-state index in [1.54, 1.807) is 0 Å². The summed E-state index contributed by atoms with van der Waals surface area (Å²) in [4.78, 5) is 2.44. The summed E-state index contributed by atoms with van der Waals surface area (Å²) >= 11 is 0. The first kappa shape index (κ1) is 37.4. The van der Waals surface area contributed by atoms with Crippen molar-refractivity contribution in [3.63, 3.8) is 0 Å². The zero-order valence-corrected chi connectivity index (χ0v) is 36.3. The van der Waals surface area contributed by atoms with E-state index in [4.69, 9.17) is 0 Å². The second-order valence-electron chi connectivity index (χ2n) is 18.2. The van der Waals surface area contributed by atoms with E-state index in [9.17, 15) is 0 Å². The van der Waals surface area contributed by atoms with Crippen LogP contribution in [0.15, 0.2) is 236 Å². The number of allylic oxidation sites excluding steroid dienone is 3. The van der Waals surface area contributed by atoms with Crippen LogP contribution in [0.1, 0.15) is 13.8 Å². The molecular formula is C63H44N2. The quantitative estimate of drug-likeness (QED) is 0.152. The Kier molecular flexibility index (Phi) is 8.29. The van der Waals surface area contributed by atoms with Crippen LogP contribution in [0.4, 0.5) is 11.4 Å². The van der Waals surface area contributed by atoms with Crippen molar-refractivity contribution in [3.05, 3.63) is 246 Å². The van der Waals surface area contributed by atoms with Gasteiger partial charge in [-0.15, -0.1) is 0 Å². The van der Waals surface area contributed by atoms with Crippen LogP contribution in [0, 0.1) is 5.41 Å². The molecule has 0 saturated carbocycles. The number of fused-ring (bicyclic) bond motifs is 11. The normalized spacial score (nSPS) is 14.1. The van der Waals surface area contributed by atoms with Gasteiger partial charge >= 0.3 is 0 Å². The molecule has 2 nitrogen and oxygen atoms in total. The van der Waals surface area contributed by atoms with Gasteiger partial charge in [0.05, 0.1) is 11.0 Å². The highest BCUT2D eigenvalue weighted by Gasteiger charge is 2.33. The molecule has 0 atom stereocenters. The lowest BCUT2D eigenvalue weighted by molar-refractivity contribution is 0.637.